The van der Waals surface area contributed by atoms with Gasteiger partial charge in [-0.15, -0.1) is 12.4 Å². The van der Waals surface area contributed by atoms with Gasteiger partial charge in [-0.2, -0.15) is 0 Å². The Morgan fingerprint density at radius 3 is 2.83 bits per heavy atom. The molecule has 0 aliphatic carbocycles. The lowest BCUT2D eigenvalue weighted by molar-refractivity contribution is 0.0765. The minimum atomic E-state index is 0. The van der Waals surface area contributed by atoms with Crippen molar-refractivity contribution in [2.45, 2.75) is 13.3 Å². The molecule has 1 aliphatic rings. The van der Waals surface area contributed by atoms with E-state index in [2.05, 4.69) is 5.32 Å². The Kier molecular flexibility index (Phi) is 5.93. The van der Waals surface area contributed by atoms with Crippen LogP contribution in [-0.4, -0.2) is 37.0 Å². The predicted octanol–water partition coefficient (Wildman–Crippen LogP) is 2.51. The molecule has 0 unspecified atom stereocenters. The van der Waals surface area contributed by atoms with E-state index in [4.69, 9.17) is 11.6 Å². The molecule has 0 spiro atoms. The molecule has 100 valence electrons. The lowest BCUT2D eigenvalue weighted by atomic mass is 10.1. The standard InChI is InChI=1S/C13H17ClN2O.ClH/c1-10-9-11(14)3-4-12(10)13(17)16-7-2-5-15-6-8-16;/h3-4,9,15H,2,5-8H2,1H3;1H. The normalized spacial score (nSPS) is 15.8. The molecule has 5 heteroatoms. The molecule has 1 fully saturated rings. The fraction of sp³-hybridized carbons (Fsp3) is 0.462. The van der Waals surface area contributed by atoms with Gasteiger partial charge in [0.25, 0.3) is 5.91 Å². The average Bonchev–Trinajstić information content (AvgIpc) is 2.56. The van der Waals surface area contributed by atoms with Gasteiger partial charge in [0, 0.05) is 30.2 Å². The van der Waals surface area contributed by atoms with Crippen LogP contribution in [0.15, 0.2) is 18.2 Å². The van der Waals surface area contributed by atoms with Crippen LogP contribution in [0, 0.1) is 6.92 Å². The van der Waals surface area contributed by atoms with Crippen LogP contribution >= 0.6 is 24.0 Å². The molecule has 0 saturated carbocycles. The third kappa shape index (κ3) is 3.61. The Morgan fingerprint density at radius 2 is 2.11 bits per heavy atom. The summed E-state index contributed by atoms with van der Waals surface area (Å²) < 4.78 is 0. The van der Waals surface area contributed by atoms with Crippen molar-refractivity contribution in [3.8, 4) is 0 Å². The highest BCUT2D eigenvalue weighted by Gasteiger charge is 2.18. The van der Waals surface area contributed by atoms with Gasteiger partial charge in [-0.25, -0.2) is 0 Å². The maximum absolute atomic E-state index is 12.3. The number of hydrogen-bond acceptors (Lipinski definition) is 2. The van der Waals surface area contributed by atoms with E-state index < -0.39 is 0 Å². The molecule has 1 heterocycles. The Bertz CT molecular complexity index is 415. The minimum Gasteiger partial charge on any atom is -0.337 e. The summed E-state index contributed by atoms with van der Waals surface area (Å²) in [6, 6.07) is 5.43. The van der Waals surface area contributed by atoms with Crippen molar-refractivity contribution < 1.29 is 4.79 Å². The van der Waals surface area contributed by atoms with Crippen molar-refractivity contribution >= 4 is 29.9 Å². The van der Waals surface area contributed by atoms with Crippen molar-refractivity contribution in [2.24, 2.45) is 0 Å². The topological polar surface area (TPSA) is 32.3 Å². The number of rotatable bonds is 1. The summed E-state index contributed by atoms with van der Waals surface area (Å²) in [4.78, 5) is 14.3. The fourth-order valence-electron chi connectivity index (χ4n) is 2.09. The van der Waals surface area contributed by atoms with Gasteiger partial charge in [0.1, 0.15) is 0 Å². The number of carbonyl (C=O) groups is 1. The highest BCUT2D eigenvalue weighted by atomic mass is 35.5. The van der Waals surface area contributed by atoms with E-state index in [-0.39, 0.29) is 18.3 Å². The average molecular weight is 289 g/mol. The highest BCUT2D eigenvalue weighted by molar-refractivity contribution is 6.30. The maximum atomic E-state index is 12.3. The molecule has 1 saturated heterocycles. The molecule has 1 N–H and O–H groups in total. The number of carbonyl (C=O) groups excluding carboxylic acids is 1. The Labute approximate surface area is 119 Å². The summed E-state index contributed by atoms with van der Waals surface area (Å²) in [5.41, 5.74) is 1.70. The van der Waals surface area contributed by atoms with Crippen LogP contribution in [0.2, 0.25) is 5.02 Å². The first kappa shape index (κ1) is 15.3. The number of hydrogen-bond donors (Lipinski definition) is 1. The predicted molar refractivity (Wildman–Crippen MR) is 76.8 cm³/mol. The van der Waals surface area contributed by atoms with Gasteiger partial charge in [0.05, 0.1) is 0 Å². The SMILES string of the molecule is Cc1cc(Cl)ccc1C(=O)N1CCCNCC1.Cl. The smallest absolute Gasteiger partial charge is 0.254 e. The Hall–Kier alpha value is -0.770. The Morgan fingerprint density at radius 1 is 1.33 bits per heavy atom. The first-order valence-electron chi connectivity index (χ1n) is 5.94. The van der Waals surface area contributed by atoms with Crippen molar-refractivity contribution in [1.29, 1.82) is 0 Å². The maximum Gasteiger partial charge on any atom is 0.254 e. The summed E-state index contributed by atoms with van der Waals surface area (Å²) in [5, 5.41) is 3.97. The Balaban J connectivity index is 0.00000162. The number of amides is 1. The monoisotopic (exact) mass is 288 g/mol. The molecule has 1 aliphatic heterocycles. The fourth-order valence-corrected chi connectivity index (χ4v) is 2.31. The molecule has 2 rings (SSSR count). The van der Waals surface area contributed by atoms with Crippen molar-refractivity contribution in [3.05, 3.63) is 34.3 Å². The zero-order valence-corrected chi connectivity index (χ0v) is 12.0. The highest BCUT2D eigenvalue weighted by Crippen LogP contribution is 2.17. The van der Waals surface area contributed by atoms with E-state index in [1.807, 2.05) is 24.0 Å². The van der Waals surface area contributed by atoms with Gasteiger partial charge in [0.2, 0.25) is 0 Å². The summed E-state index contributed by atoms with van der Waals surface area (Å²) >= 11 is 5.90. The molecule has 0 bridgehead atoms. The molecular weight excluding hydrogens is 271 g/mol. The molecule has 0 aromatic heterocycles. The second kappa shape index (κ2) is 6.98. The first-order chi connectivity index (χ1) is 8.18. The molecule has 3 nitrogen and oxygen atoms in total. The van der Waals surface area contributed by atoms with Gasteiger partial charge >= 0.3 is 0 Å². The first-order valence-corrected chi connectivity index (χ1v) is 6.32. The minimum absolute atomic E-state index is 0. The van der Waals surface area contributed by atoms with Crippen molar-refractivity contribution in [2.75, 3.05) is 26.2 Å². The zero-order chi connectivity index (χ0) is 12.3. The number of benzene rings is 1. The van der Waals surface area contributed by atoms with E-state index in [0.717, 1.165) is 43.7 Å². The second-order valence-corrected chi connectivity index (χ2v) is 4.79. The molecule has 1 aromatic carbocycles. The lowest BCUT2D eigenvalue weighted by Crippen LogP contribution is -2.34. The van der Waals surface area contributed by atoms with Crippen LogP contribution in [0.25, 0.3) is 0 Å². The van der Waals surface area contributed by atoms with Crippen LogP contribution in [0.1, 0.15) is 22.3 Å². The molecular formula is C13H18Cl2N2O. The quantitative estimate of drug-likeness (QED) is 0.861. The van der Waals surface area contributed by atoms with Crippen LogP contribution in [0.4, 0.5) is 0 Å². The van der Waals surface area contributed by atoms with Gasteiger partial charge in [-0.1, -0.05) is 11.6 Å². The summed E-state index contributed by atoms with van der Waals surface area (Å²) in [6.07, 6.45) is 1.01. The second-order valence-electron chi connectivity index (χ2n) is 4.35. The lowest BCUT2D eigenvalue weighted by Gasteiger charge is -2.21. The summed E-state index contributed by atoms with van der Waals surface area (Å²) in [6.45, 7) is 5.39. The van der Waals surface area contributed by atoms with Crippen LogP contribution < -0.4 is 5.32 Å². The number of nitrogens with zero attached hydrogens (tertiary/aromatic N) is 1. The van der Waals surface area contributed by atoms with E-state index in [0.29, 0.717) is 5.02 Å². The molecule has 0 atom stereocenters. The van der Waals surface area contributed by atoms with Gasteiger partial charge in [0.15, 0.2) is 0 Å². The van der Waals surface area contributed by atoms with Gasteiger partial charge < -0.3 is 10.2 Å². The van der Waals surface area contributed by atoms with E-state index >= 15 is 0 Å². The molecule has 1 aromatic rings. The number of nitrogens with one attached hydrogen (secondary N) is 1. The van der Waals surface area contributed by atoms with E-state index in [1.54, 1.807) is 6.07 Å². The van der Waals surface area contributed by atoms with Gasteiger partial charge in [-0.3, -0.25) is 4.79 Å². The molecule has 1 amide bonds. The third-order valence-electron chi connectivity index (χ3n) is 3.05. The van der Waals surface area contributed by atoms with Gasteiger partial charge in [-0.05, 0) is 43.7 Å². The van der Waals surface area contributed by atoms with E-state index in [9.17, 15) is 4.79 Å². The van der Waals surface area contributed by atoms with Crippen LogP contribution in [0.3, 0.4) is 0 Å². The number of aryl methyl sites for hydroxylation is 1. The van der Waals surface area contributed by atoms with Crippen molar-refractivity contribution in [3.63, 3.8) is 0 Å². The van der Waals surface area contributed by atoms with E-state index in [1.165, 1.54) is 0 Å². The summed E-state index contributed by atoms with van der Waals surface area (Å²) in [5.74, 6) is 0.114. The number of halogens is 2. The largest absolute Gasteiger partial charge is 0.337 e. The van der Waals surface area contributed by atoms with Crippen LogP contribution in [0.5, 0.6) is 0 Å². The zero-order valence-electron chi connectivity index (χ0n) is 10.4. The molecule has 0 radical (unpaired) electrons. The summed E-state index contributed by atoms with van der Waals surface area (Å²) in [7, 11) is 0. The van der Waals surface area contributed by atoms with Crippen LogP contribution in [-0.2, 0) is 0 Å². The molecule has 18 heavy (non-hydrogen) atoms. The van der Waals surface area contributed by atoms with Crippen molar-refractivity contribution in [1.82, 2.24) is 10.2 Å². The third-order valence-corrected chi connectivity index (χ3v) is 3.28.